The van der Waals surface area contributed by atoms with Crippen molar-refractivity contribution >= 4 is 45.6 Å². The van der Waals surface area contributed by atoms with Crippen LogP contribution in [0, 0.1) is 0 Å². The van der Waals surface area contributed by atoms with Crippen molar-refractivity contribution in [3.8, 4) is 17.0 Å². The molecule has 3 rings (SSSR count). The van der Waals surface area contributed by atoms with E-state index in [1.165, 1.54) is 0 Å². The predicted molar refractivity (Wildman–Crippen MR) is 90.3 cm³/mol. The normalized spacial score (nSPS) is 10.2. The maximum atomic E-state index is 5.15. The van der Waals surface area contributed by atoms with Crippen molar-refractivity contribution in [1.29, 1.82) is 0 Å². The Bertz CT molecular complexity index is 694. The quantitative estimate of drug-likeness (QED) is 0.563. The van der Waals surface area contributed by atoms with Gasteiger partial charge in [-0.1, -0.05) is 0 Å². The highest BCUT2D eigenvalue weighted by Crippen LogP contribution is 2.22. The van der Waals surface area contributed by atoms with Gasteiger partial charge in [-0.2, -0.15) is 0 Å². The SMILES string of the molecule is COc1ccc(-c2cn3cc(Br)ccc3n2)cc1.I. The van der Waals surface area contributed by atoms with E-state index in [-0.39, 0.29) is 24.0 Å². The summed E-state index contributed by atoms with van der Waals surface area (Å²) >= 11 is 3.45. The van der Waals surface area contributed by atoms with Crippen LogP contribution >= 0.6 is 39.9 Å². The number of halogens is 2. The third-order valence-electron chi connectivity index (χ3n) is 2.80. The van der Waals surface area contributed by atoms with E-state index >= 15 is 0 Å². The first kappa shape index (κ1) is 14.3. The zero-order valence-electron chi connectivity index (χ0n) is 10.2. The molecule has 0 amide bonds. The lowest BCUT2D eigenvalue weighted by atomic mass is 10.2. The van der Waals surface area contributed by atoms with E-state index in [1.54, 1.807) is 7.11 Å². The number of methoxy groups -OCH3 is 1. The minimum absolute atomic E-state index is 0. The van der Waals surface area contributed by atoms with Gasteiger partial charge in [-0.15, -0.1) is 24.0 Å². The smallest absolute Gasteiger partial charge is 0.137 e. The fourth-order valence-corrected chi connectivity index (χ4v) is 2.22. The molecule has 0 unspecified atom stereocenters. The van der Waals surface area contributed by atoms with Crippen molar-refractivity contribution < 1.29 is 4.74 Å². The molecule has 1 aromatic carbocycles. The Kier molecular flexibility index (Phi) is 4.46. The molecule has 98 valence electrons. The highest BCUT2D eigenvalue weighted by Gasteiger charge is 2.04. The zero-order chi connectivity index (χ0) is 12.5. The Hall–Kier alpha value is -1.08. The monoisotopic (exact) mass is 430 g/mol. The number of pyridine rings is 1. The lowest BCUT2D eigenvalue weighted by Gasteiger charge is -1.99. The van der Waals surface area contributed by atoms with Gasteiger partial charge in [-0.25, -0.2) is 4.98 Å². The first-order chi connectivity index (χ1) is 8.76. The molecular formula is C14H12BrIN2O. The Labute approximate surface area is 136 Å². The van der Waals surface area contributed by atoms with Crippen LogP contribution in [0.25, 0.3) is 16.9 Å². The second kappa shape index (κ2) is 5.92. The van der Waals surface area contributed by atoms with Gasteiger partial charge in [-0.3, -0.25) is 0 Å². The van der Waals surface area contributed by atoms with Crippen LogP contribution in [0.3, 0.4) is 0 Å². The molecule has 0 aliphatic rings. The van der Waals surface area contributed by atoms with Crippen molar-refractivity contribution in [2.75, 3.05) is 7.11 Å². The summed E-state index contributed by atoms with van der Waals surface area (Å²) in [6.07, 6.45) is 4.01. The van der Waals surface area contributed by atoms with Crippen molar-refractivity contribution in [3.05, 3.63) is 53.3 Å². The molecule has 3 nitrogen and oxygen atoms in total. The van der Waals surface area contributed by atoms with Gasteiger partial charge in [0.15, 0.2) is 0 Å². The average molecular weight is 431 g/mol. The van der Waals surface area contributed by atoms with Gasteiger partial charge in [0, 0.05) is 22.4 Å². The molecule has 0 aliphatic heterocycles. The highest BCUT2D eigenvalue weighted by molar-refractivity contribution is 14.0. The van der Waals surface area contributed by atoms with E-state index < -0.39 is 0 Å². The van der Waals surface area contributed by atoms with Crippen LogP contribution < -0.4 is 4.74 Å². The van der Waals surface area contributed by atoms with E-state index in [0.717, 1.165) is 27.1 Å². The number of ether oxygens (including phenoxy) is 1. The molecule has 0 saturated carbocycles. The summed E-state index contributed by atoms with van der Waals surface area (Å²) in [4.78, 5) is 4.58. The Morgan fingerprint density at radius 2 is 1.79 bits per heavy atom. The van der Waals surface area contributed by atoms with Crippen LogP contribution in [0.1, 0.15) is 0 Å². The van der Waals surface area contributed by atoms with Gasteiger partial charge in [-0.05, 0) is 52.3 Å². The predicted octanol–water partition coefficient (Wildman–Crippen LogP) is 4.39. The highest BCUT2D eigenvalue weighted by atomic mass is 127. The maximum absolute atomic E-state index is 5.15. The minimum atomic E-state index is 0. The first-order valence-electron chi connectivity index (χ1n) is 5.55. The molecule has 2 heterocycles. The Morgan fingerprint density at radius 3 is 2.47 bits per heavy atom. The molecule has 0 N–H and O–H groups in total. The summed E-state index contributed by atoms with van der Waals surface area (Å²) in [7, 11) is 1.66. The molecule has 0 spiro atoms. The lowest BCUT2D eigenvalue weighted by Crippen LogP contribution is -1.82. The number of imidazole rings is 1. The van der Waals surface area contributed by atoms with Crippen LogP contribution in [-0.4, -0.2) is 16.5 Å². The third-order valence-corrected chi connectivity index (χ3v) is 3.27. The van der Waals surface area contributed by atoms with Crippen LogP contribution in [0.5, 0.6) is 5.75 Å². The van der Waals surface area contributed by atoms with Gasteiger partial charge in [0.05, 0.1) is 12.8 Å². The fraction of sp³-hybridized carbons (Fsp3) is 0.0714. The number of aromatic nitrogens is 2. The molecule has 2 aromatic heterocycles. The molecular weight excluding hydrogens is 419 g/mol. The van der Waals surface area contributed by atoms with E-state index in [0.29, 0.717) is 0 Å². The molecule has 0 bridgehead atoms. The number of rotatable bonds is 2. The van der Waals surface area contributed by atoms with Crippen LogP contribution in [-0.2, 0) is 0 Å². The number of hydrogen-bond acceptors (Lipinski definition) is 2. The van der Waals surface area contributed by atoms with Crippen LogP contribution in [0.15, 0.2) is 53.3 Å². The average Bonchev–Trinajstić information content (AvgIpc) is 2.81. The second-order valence-electron chi connectivity index (χ2n) is 3.97. The summed E-state index contributed by atoms with van der Waals surface area (Å²) in [5.41, 5.74) is 2.97. The van der Waals surface area contributed by atoms with E-state index in [1.807, 2.05) is 53.2 Å². The van der Waals surface area contributed by atoms with Crippen molar-refractivity contribution in [2.45, 2.75) is 0 Å². The van der Waals surface area contributed by atoms with Gasteiger partial charge < -0.3 is 9.14 Å². The van der Waals surface area contributed by atoms with Crippen molar-refractivity contribution in [3.63, 3.8) is 0 Å². The summed E-state index contributed by atoms with van der Waals surface area (Å²) in [6, 6.07) is 11.9. The molecule has 0 radical (unpaired) electrons. The number of benzene rings is 1. The molecule has 0 aliphatic carbocycles. The number of fused-ring (bicyclic) bond motifs is 1. The number of nitrogens with zero attached hydrogens (tertiary/aromatic N) is 2. The first-order valence-corrected chi connectivity index (χ1v) is 6.34. The molecule has 19 heavy (non-hydrogen) atoms. The minimum Gasteiger partial charge on any atom is -0.497 e. The molecule has 0 fully saturated rings. The lowest BCUT2D eigenvalue weighted by molar-refractivity contribution is 0.415. The molecule has 3 aromatic rings. The standard InChI is InChI=1S/C14H11BrN2O.HI/c1-18-12-5-2-10(3-6-12)13-9-17-8-11(15)4-7-14(17)16-13;/h2-9H,1H3;1H. The largest absolute Gasteiger partial charge is 0.497 e. The van der Waals surface area contributed by atoms with Crippen LogP contribution in [0.4, 0.5) is 0 Å². The second-order valence-corrected chi connectivity index (χ2v) is 4.88. The van der Waals surface area contributed by atoms with Crippen molar-refractivity contribution in [1.82, 2.24) is 9.38 Å². The maximum Gasteiger partial charge on any atom is 0.137 e. The van der Waals surface area contributed by atoms with E-state index in [4.69, 9.17) is 4.74 Å². The van der Waals surface area contributed by atoms with Gasteiger partial charge in [0.25, 0.3) is 0 Å². The summed E-state index contributed by atoms with van der Waals surface area (Å²) in [5.74, 6) is 0.852. The van der Waals surface area contributed by atoms with E-state index in [2.05, 4.69) is 20.9 Å². The summed E-state index contributed by atoms with van der Waals surface area (Å²) in [6.45, 7) is 0. The molecule has 5 heteroatoms. The molecule has 0 saturated heterocycles. The van der Waals surface area contributed by atoms with Gasteiger partial charge in [0.2, 0.25) is 0 Å². The third kappa shape index (κ3) is 2.92. The fourth-order valence-electron chi connectivity index (χ4n) is 1.87. The van der Waals surface area contributed by atoms with Crippen LogP contribution in [0.2, 0.25) is 0 Å². The summed E-state index contributed by atoms with van der Waals surface area (Å²) < 4.78 is 8.19. The number of hydrogen-bond donors (Lipinski definition) is 0. The van der Waals surface area contributed by atoms with Crippen molar-refractivity contribution in [2.24, 2.45) is 0 Å². The molecule has 0 atom stereocenters. The van der Waals surface area contributed by atoms with E-state index in [9.17, 15) is 0 Å². The Balaban J connectivity index is 0.00000133. The zero-order valence-corrected chi connectivity index (χ0v) is 14.1. The topological polar surface area (TPSA) is 26.5 Å². The van der Waals surface area contributed by atoms with Gasteiger partial charge in [0.1, 0.15) is 11.4 Å². The Morgan fingerprint density at radius 1 is 1.05 bits per heavy atom. The summed E-state index contributed by atoms with van der Waals surface area (Å²) in [5, 5.41) is 0. The van der Waals surface area contributed by atoms with Gasteiger partial charge >= 0.3 is 0 Å².